The van der Waals surface area contributed by atoms with Gasteiger partial charge in [0.1, 0.15) is 23.7 Å². The van der Waals surface area contributed by atoms with Gasteiger partial charge in [0.15, 0.2) is 0 Å². The minimum absolute atomic E-state index is 0.0400. The SMILES string of the molecule is CC[C@H](C)[C@@H]1NC(=O)[C@H](CC(C)C)NC(=O)C2(CCOCC2)NC(=O)CCCSCc2cccc(n2)CSC[C@@H](C(N)=O)NC1=O. The van der Waals surface area contributed by atoms with E-state index in [-0.39, 0.29) is 42.8 Å². The van der Waals surface area contributed by atoms with E-state index in [0.717, 1.165) is 17.1 Å². The largest absolute Gasteiger partial charge is 0.381 e. The zero-order chi connectivity index (χ0) is 33.7. The Kier molecular flexibility index (Phi) is 15.1. The van der Waals surface area contributed by atoms with E-state index in [1.807, 2.05) is 45.9 Å². The van der Waals surface area contributed by atoms with E-state index >= 15 is 0 Å². The van der Waals surface area contributed by atoms with E-state index in [0.29, 0.717) is 44.0 Å². The average Bonchev–Trinajstić information content (AvgIpc) is 3.02. The number of thioether (sulfide) groups is 2. The minimum atomic E-state index is -1.21. The molecule has 4 atom stereocenters. The molecule has 6 N–H and O–H groups in total. The van der Waals surface area contributed by atoms with Crippen LogP contribution >= 0.6 is 23.5 Å². The molecule has 46 heavy (non-hydrogen) atoms. The molecule has 0 radical (unpaired) electrons. The Labute approximate surface area is 280 Å². The van der Waals surface area contributed by atoms with Crippen LogP contribution < -0.4 is 27.0 Å². The van der Waals surface area contributed by atoms with Crippen LogP contribution in [0, 0.1) is 11.8 Å². The van der Waals surface area contributed by atoms with Crippen molar-refractivity contribution in [1.29, 1.82) is 0 Å². The predicted molar refractivity (Wildman–Crippen MR) is 181 cm³/mol. The lowest BCUT2D eigenvalue weighted by atomic mass is 9.87. The van der Waals surface area contributed by atoms with Gasteiger partial charge in [-0.25, -0.2) is 0 Å². The topological polar surface area (TPSA) is 182 Å². The van der Waals surface area contributed by atoms with Crippen LogP contribution in [0.15, 0.2) is 18.2 Å². The van der Waals surface area contributed by atoms with E-state index in [9.17, 15) is 24.0 Å². The lowest BCUT2D eigenvalue weighted by Gasteiger charge is -2.38. The summed E-state index contributed by atoms with van der Waals surface area (Å²) in [6.07, 6.45) is 2.34. The van der Waals surface area contributed by atoms with Crippen molar-refractivity contribution in [3.8, 4) is 0 Å². The summed E-state index contributed by atoms with van der Waals surface area (Å²) in [5.41, 5.74) is 6.22. The third-order valence-corrected chi connectivity index (χ3v) is 10.4. The standard InChI is InChI=1S/C32H50N6O6S2/c1-5-21(4)27-30(42)35-25(28(33)40)19-46-18-23-9-6-8-22(34-23)17-45-15-7-10-26(39)38-32(11-13-44-14-12-32)31(43)36-24(16-20(2)3)29(41)37-27/h6,8-9,20-21,24-25,27H,5,7,10-19H2,1-4H3,(H2,33,40)(H,35,42)(H,36,43)(H,37,41)(H,38,39)/t21-,24-,25-,27-/m0/s1. The summed E-state index contributed by atoms with van der Waals surface area (Å²) in [6, 6.07) is 2.92. The van der Waals surface area contributed by atoms with Gasteiger partial charge in [0.25, 0.3) is 0 Å². The fraction of sp³-hybridized carbons (Fsp3) is 0.688. The molecular formula is C32H50N6O6S2. The molecule has 0 aromatic carbocycles. The molecule has 256 valence electrons. The van der Waals surface area contributed by atoms with Gasteiger partial charge in [0.2, 0.25) is 29.5 Å². The van der Waals surface area contributed by atoms with Gasteiger partial charge in [0, 0.05) is 49.7 Å². The number of amides is 5. The van der Waals surface area contributed by atoms with E-state index in [1.165, 1.54) is 11.8 Å². The number of pyridine rings is 1. The Balaban J connectivity index is 1.90. The van der Waals surface area contributed by atoms with Crippen LogP contribution in [-0.2, 0) is 40.2 Å². The highest BCUT2D eigenvalue weighted by Crippen LogP contribution is 2.23. The Morgan fingerprint density at radius 3 is 2.33 bits per heavy atom. The first kappa shape index (κ1) is 37.6. The molecule has 3 rings (SSSR count). The van der Waals surface area contributed by atoms with Crippen LogP contribution in [0.2, 0.25) is 0 Å². The molecule has 2 bridgehead atoms. The molecule has 0 unspecified atom stereocenters. The molecule has 0 aliphatic carbocycles. The van der Waals surface area contributed by atoms with Crippen LogP contribution in [-0.4, -0.2) is 82.9 Å². The third-order valence-electron chi connectivity index (χ3n) is 8.28. The van der Waals surface area contributed by atoms with Crippen LogP contribution in [0.5, 0.6) is 0 Å². The molecular weight excluding hydrogens is 629 g/mol. The minimum Gasteiger partial charge on any atom is -0.381 e. The molecule has 1 spiro atoms. The van der Waals surface area contributed by atoms with Gasteiger partial charge in [-0.05, 0) is 42.6 Å². The molecule has 2 aliphatic heterocycles. The second kappa shape index (κ2) is 18.5. The van der Waals surface area contributed by atoms with Crippen molar-refractivity contribution in [2.45, 2.75) is 101 Å². The third kappa shape index (κ3) is 11.4. The Hall–Kier alpha value is -2.84. The molecule has 1 saturated heterocycles. The highest BCUT2D eigenvalue weighted by atomic mass is 32.2. The number of hydrogen-bond acceptors (Lipinski definition) is 9. The summed E-state index contributed by atoms with van der Waals surface area (Å²) in [4.78, 5) is 71.4. The van der Waals surface area contributed by atoms with E-state index in [1.54, 1.807) is 11.8 Å². The first-order valence-corrected chi connectivity index (χ1v) is 18.4. The van der Waals surface area contributed by atoms with Crippen LogP contribution in [0.25, 0.3) is 0 Å². The number of nitrogens with zero attached hydrogens (tertiary/aromatic N) is 1. The number of nitrogens with one attached hydrogen (secondary N) is 4. The maximum Gasteiger partial charge on any atom is 0.246 e. The molecule has 2 aliphatic rings. The zero-order valence-electron chi connectivity index (χ0n) is 27.4. The van der Waals surface area contributed by atoms with Crippen LogP contribution in [0.1, 0.15) is 77.6 Å². The monoisotopic (exact) mass is 678 g/mol. The Morgan fingerprint density at radius 2 is 1.70 bits per heavy atom. The second-order valence-electron chi connectivity index (χ2n) is 12.5. The van der Waals surface area contributed by atoms with Gasteiger partial charge in [-0.1, -0.05) is 40.2 Å². The lowest BCUT2D eigenvalue weighted by molar-refractivity contribution is -0.140. The average molecular weight is 679 g/mol. The number of hydrogen-bond donors (Lipinski definition) is 5. The number of fused-ring (bicyclic) bond motifs is 2. The number of primary amides is 1. The van der Waals surface area contributed by atoms with Gasteiger partial charge in [-0.3, -0.25) is 29.0 Å². The van der Waals surface area contributed by atoms with Crippen molar-refractivity contribution >= 4 is 53.1 Å². The highest BCUT2D eigenvalue weighted by molar-refractivity contribution is 7.98. The number of carbonyl (C=O) groups excluding carboxylic acids is 5. The fourth-order valence-corrected chi connectivity index (χ4v) is 7.19. The smallest absolute Gasteiger partial charge is 0.246 e. The van der Waals surface area contributed by atoms with Crippen LogP contribution in [0.4, 0.5) is 0 Å². The molecule has 14 heteroatoms. The highest BCUT2D eigenvalue weighted by Gasteiger charge is 2.43. The zero-order valence-corrected chi connectivity index (χ0v) is 29.0. The summed E-state index contributed by atoms with van der Waals surface area (Å²) >= 11 is 3.11. The van der Waals surface area contributed by atoms with E-state index < -0.39 is 47.3 Å². The molecule has 0 saturated carbocycles. The van der Waals surface area contributed by atoms with Gasteiger partial charge in [0.05, 0.1) is 11.4 Å². The molecule has 3 heterocycles. The summed E-state index contributed by atoms with van der Waals surface area (Å²) in [6.45, 7) is 8.21. The molecule has 1 aromatic heterocycles. The molecule has 1 aromatic rings. The van der Waals surface area contributed by atoms with Crippen LogP contribution in [0.3, 0.4) is 0 Å². The molecule has 12 nitrogen and oxygen atoms in total. The molecule has 1 fully saturated rings. The number of rotatable bonds is 5. The van der Waals surface area contributed by atoms with Gasteiger partial charge < -0.3 is 31.7 Å². The predicted octanol–water partition coefficient (Wildman–Crippen LogP) is 2.04. The van der Waals surface area contributed by atoms with E-state index in [2.05, 4.69) is 21.3 Å². The summed E-state index contributed by atoms with van der Waals surface area (Å²) in [5.74, 6) is -0.438. The van der Waals surface area contributed by atoms with Crippen molar-refractivity contribution in [1.82, 2.24) is 26.3 Å². The van der Waals surface area contributed by atoms with Crippen molar-refractivity contribution in [2.75, 3.05) is 24.7 Å². The first-order valence-electron chi connectivity index (χ1n) is 16.1. The normalized spacial score (nSPS) is 25.1. The quantitative estimate of drug-likeness (QED) is 0.311. The van der Waals surface area contributed by atoms with Crippen molar-refractivity contribution < 1.29 is 28.7 Å². The number of ether oxygens (including phenoxy) is 1. The van der Waals surface area contributed by atoms with Gasteiger partial charge in [-0.15, -0.1) is 0 Å². The maximum absolute atomic E-state index is 13.9. The fourth-order valence-electron chi connectivity index (χ4n) is 5.35. The molecule has 5 amide bonds. The summed E-state index contributed by atoms with van der Waals surface area (Å²) in [5, 5.41) is 11.5. The Morgan fingerprint density at radius 1 is 1.02 bits per heavy atom. The summed E-state index contributed by atoms with van der Waals surface area (Å²) < 4.78 is 5.52. The van der Waals surface area contributed by atoms with Gasteiger partial charge >= 0.3 is 0 Å². The number of nitrogens with two attached hydrogens (primary N) is 1. The first-order chi connectivity index (χ1) is 21.9. The van der Waals surface area contributed by atoms with Crippen molar-refractivity contribution in [3.63, 3.8) is 0 Å². The second-order valence-corrected chi connectivity index (χ2v) is 14.7. The van der Waals surface area contributed by atoms with Crippen molar-refractivity contribution in [2.24, 2.45) is 17.6 Å². The Bertz CT molecular complexity index is 1210. The lowest BCUT2D eigenvalue weighted by Crippen LogP contribution is -2.65. The van der Waals surface area contributed by atoms with Crippen molar-refractivity contribution in [3.05, 3.63) is 29.6 Å². The van der Waals surface area contributed by atoms with Gasteiger partial charge in [-0.2, -0.15) is 23.5 Å². The summed E-state index contributed by atoms with van der Waals surface area (Å²) in [7, 11) is 0. The maximum atomic E-state index is 13.9. The van der Waals surface area contributed by atoms with E-state index in [4.69, 9.17) is 15.5 Å². The number of carbonyl (C=O) groups is 5. The number of aromatic nitrogens is 1.